The predicted molar refractivity (Wildman–Crippen MR) is 97.3 cm³/mol. The first-order valence-corrected chi connectivity index (χ1v) is 10.1. The van der Waals surface area contributed by atoms with Gasteiger partial charge in [0.05, 0.1) is 5.75 Å². The van der Waals surface area contributed by atoms with Gasteiger partial charge in [0.15, 0.2) is 10.9 Å². The molecule has 0 aliphatic heterocycles. The zero-order chi connectivity index (χ0) is 17.4. The first-order chi connectivity index (χ1) is 12.1. The van der Waals surface area contributed by atoms with Crippen molar-refractivity contribution in [3.63, 3.8) is 0 Å². The van der Waals surface area contributed by atoms with Crippen molar-refractivity contribution in [2.75, 3.05) is 0 Å². The molecule has 0 aromatic carbocycles. The fraction of sp³-hybridized carbons (Fsp3) is 0.579. The van der Waals surface area contributed by atoms with Gasteiger partial charge >= 0.3 is 0 Å². The van der Waals surface area contributed by atoms with Crippen molar-refractivity contribution >= 4 is 17.7 Å². The van der Waals surface area contributed by atoms with Crippen LogP contribution in [-0.4, -0.2) is 21.5 Å². The summed E-state index contributed by atoms with van der Waals surface area (Å²) in [5.74, 6) is 4.12. The molecule has 4 atom stereocenters. The summed E-state index contributed by atoms with van der Waals surface area (Å²) in [7, 11) is 1.97. The topological polar surface area (TPSA) is 60.1 Å². The van der Waals surface area contributed by atoms with Crippen LogP contribution in [0.2, 0.25) is 0 Å². The average molecular weight is 359 g/mol. The molecule has 4 rings (SSSR count). The minimum atomic E-state index is -0.0940. The van der Waals surface area contributed by atoms with Crippen molar-refractivity contribution in [3.8, 4) is 0 Å². The largest absolute Gasteiger partial charge is 0.455 e. The lowest BCUT2D eigenvalue weighted by atomic mass is 9.84. The second-order valence-electron chi connectivity index (χ2n) is 7.48. The number of thioether (sulfide) groups is 1. The SMILES string of the molecule is C[C@@H](NC(=O)c1ccc(CSc2nccn2C)o1)[C@H]1C[C@H]2CC[C@H]1C2. The van der Waals surface area contributed by atoms with Crippen molar-refractivity contribution in [2.45, 2.75) is 49.6 Å². The first-order valence-electron chi connectivity index (χ1n) is 9.10. The van der Waals surface area contributed by atoms with Crippen LogP contribution in [0.1, 0.15) is 48.9 Å². The highest BCUT2D eigenvalue weighted by atomic mass is 32.2. The van der Waals surface area contributed by atoms with E-state index in [-0.39, 0.29) is 11.9 Å². The summed E-state index contributed by atoms with van der Waals surface area (Å²) in [4.78, 5) is 16.8. The maximum Gasteiger partial charge on any atom is 0.287 e. The molecule has 1 amide bonds. The van der Waals surface area contributed by atoms with E-state index in [2.05, 4.69) is 17.2 Å². The molecule has 2 aliphatic rings. The second kappa shape index (κ2) is 6.90. The molecule has 6 heteroatoms. The summed E-state index contributed by atoms with van der Waals surface area (Å²) < 4.78 is 7.71. The molecule has 2 saturated carbocycles. The Morgan fingerprint density at radius 3 is 3.00 bits per heavy atom. The fourth-order valence-electron chi connectivity index (χ4n) is 4.50. The predicted octanol–water partition coefficient (Wildman–Crippen LogP) is 3.86. The summed E-state index contributed by atoms with van der Waals surface area (Å²) in [6.45, 7) is 2.14. The number of furan rings is 1. The minimum Gasteiger partial charge on any atom is -0.455 e. The van der Waals surface area contributed by atoms with Gasteiger partial charge in [-0.1, -0.05) is 18.2 Å². The van der Waals surface area contributed by atoms with Crippen LogP contribution in [0.4, 0.5) is 0 Å². The standard InChI is InChI=1S/C19H25N3O2S/c1-12(16-10-13-3-4-14(16)9-13)21-18(23)17-6-5-15(24-17)11-25-19-20-7-8-22(19)2/h5-8,12-14,16H,3-4,9-11H2,1-2H3,(H,21,23)/t12-,13+,14+,16-/m1/s1. The number of imidazole rings is 1. The normalized spacial score (nSPS) is 26.1. The summed E-state index contributed by atoms with van der Waals surface area (Å²) in [5, 5.41) is 4.10. The van der Waals surface area contributed by atoms with E-state index in [1.165, 1.54) is 25.7 Å². The lowest BCUT2D eigenvalue weighted by molar-refractivity contribution is 0.0885. The number of aryl methyl sites for hydroxylation is 1. The van der Waals surface area contributed by atoms with E-state index in [0.717, 1.165) is 22.8 Å². The summed E-state index contributed by atoms with van der Waals surface area (Å²) in [5.41, 5.74) is 0. The van der Waals surface area contributed by atoms with Gasteiger partial charge in [0.1, 0.15) is 5.76 Å². The molecule has 2 fully saturated rings. The van der Waals surface area contributed by atoms with Gasteiger partial charge in [-0.05, 0) is 56.1 Å². The number of hydrogen-bond acceptors (Lipinski definition) is 4. The third-order valence-corrected chi connectivity index (χ3v) is 6.88. The maximum atomic E-state index is 12.5. The van der Waals surface area contributed by atoms with Crippen molar-refractivity contribution in [2.24, 2.45) is 24.8 Å². The summed E-state index contributed by atoms with van der Waals surface area (Å²) >= 11 is 1.60. The van der Waals surface area contributed by atoms with Gasteiger partial charge in [0, 0.05) is 25.5 Å². The number of carbonyl (C=O) groups excluding carboxylic acids is 1. The van der Waals surface area contributed by atoms with Crippen molar-refractivity contribution in [1.82, 2.24) is 14.9 Å². The second-order valence-corrected chi connectivity index (χ2v) is 8.42. The van der Waals surface area contributed by atoms with Gasteiger partial charge < -0.3 is 14.3 Å². The average Bonchev–Trinajstić information content (AvgIpc) is 3.37. The molecule has 2 aliphatic carbocycles. The molecule has 0 saturated heterocycles. The molecule has 1 N–H and O–H groups in total. The Labute approximate surface area is 152 Å². The van der Waals surface area contributed by atoms with Crippen molar-refractivity contribution < 1.29 is 9.21 Å². The minimum absolute atomic E-state index is 0.0940. The van der Waals surface area contributed by atoms with Crippen LogP contribution in [-0.2, 0) is 12.8 Å². The highest BCUT2D eigenvalue weighted by molar-refractivity contribution is 7.98. The van der Waals surface area contributed by atoms with E-state index < -0.39 is 0 Å². The van der Waals surface area contributed by atoms with Crippen LogP contribution in [0.25, 0.3) is 0 Å². The van der Waals surface area contributed by atoms with E-state index in [9.17, 15) is 4.79 Å². The first kappa shape index (κ1) is 16.8. The van der Waals surface area contributed by atoms with Crippen LogP contribution in [0.15, 0.2) is 34.1 Å². The van der Waals surface area contributed by atoms with E-state index in [0.29, 0.717) is 17.4 Å². The molecule has 0 radical (unpaired) electrons. The van der Waals surface area contributed by atoms with E-state index in [1.54, 1.807) is 24.0 Å². The quantitative estimate of drug-likeness (QED) is 0.796. The molecule has 25 heavy (non-hydrogen) atoms. The summed E-state index contributed by atoms with van der Waals surface area (Å²) in [6.07, 6.45) is 9.05. The Kier molecular flexibility index (Phi) is 4.63. The third-order valence-electron chi connectivity index (χ3n) is 5.80. The van der Waals surface area contributed by atoms with Gasteiger partial charge in [-0.2, -0.15) is 0 Å². The molecule has 134 valence electrons. The lowest BCUT2D eigenvalue weighted by Gasteiger charge is -2.28. The zero-order valence-electron chi connectivity index (χ0n) is 14.8. The van der Waals surface area contributed by atoms with Crippen molar-refractivity contribution in [1.29, 1.82) is 0 Å². The van der Waals surface area contributed by atoms with Crippen LogP contribution in [0, 0.1) is 17.8 Å². The number of fused-ring (bicyclic) bond motifs is 2. The summed E-state index contributed by atoms with van der Waals surface area (Å²) in [6, 6.07) is 3.88. The molecular formula is C19H25N3O2S. The number of nitrogens with one attached hydrogen (secondary N) is 1. The number of amides is 1. The molecule has 0 unspecified atom stereocenters. The maximum absolute atomic E-state index is 12.5. The van der Waals surface area contributed by atoms with E-state index in [4.69, 9.17) is 4.42 Å². The van der Waals surface area contributed by atoms with Crippen LogP contribution in [0.3, 0.4) is 0 Å². The smallest absolute Gasteiger partial charge is 0.287 e. The molecule has 2 aromatic heterocycles. The third kappa shape index (κ3) is 3.50. The Morgan fingerprint density at radius 2 is 2.32 bits per heavy atom. The van der Waals surface area contributed by atoms with E-state index in [1.807, 2.05) is 23.9 Å². The molecule has 2 aromatic rings. The Hall–Kier alpha value is -1.69. The van der Waals surface area contributed by atoms with Gasteiger partial charge in [-0.15, -0.1) is 0 Å². The molecule has 2 bridgehead atoms. The molecule has 2 heterocycles. The number of rotatable bonds is 6. The van der Waals surface area contributed by atoms with Gasteiger partial charge in [0.2, 0.25) is 0 Å². The monoisotopic (exact) mass is 359 g/mol. The molecule has 5 nitrogen and oxygen atoms in total. The van der Waals surface area contributed by atoms with Gasteiger partial charge in [0.25, 0.3) is 5.91 Å². The molecule has 0 spiro atoms. The number of aromatic nitrogens is 2. The lowest BCUT2D eigenvalue weighted by Crippen LogP contribution is -2.39. The highest BCUT2D eigenvalue weighted by Crippen LogP contribution is 2.49. The number of carbonyl (C=O) groups is 1. The fourth-order valence-corrected chi connectivity index (χ4v) is 5.32. The Morgan fingerprint density at radius 1 is 1.44 bits per heavy atom. The number of nitrogens with zero attached hydrogens (tertiary/aromatic N) is 2. The Bertz CT molecular complexity index is 753. The van der Waals surface area contributed by atoms with E-state index >= 15 is 0 Å². The van der Waals surface area contributed by atoms with Gasteiger partial charge in [-0.25, -0.2) is 4.98 Å². The van der Waals surface area contributed by atoms with Crippen LogP contribution in [0.5, 0.6) is 0 Å². The highest BCUT2D eigenvalue weighted by Gasteiger charge is 2.42. The van der Waals surface area contributed by atoms with Crippen LogP contribution >= 0.6 is 11.8 Å². The van der Waals surface area contributed by atoms with Crippen LogP contribution < -0.4 is 5.32 Å². The van der Waals surface area contributed by atoms with Crippen molar-refractivity contribution in [3.05, 3.63) is 36.0 Å². The van der Waals surface area contributed by atoms with Gasteiger partial charge in [-0.3, -0.25) is 4.79 Å². The Balaban J connectivity index is 1.32. The number of hydrogen-bond donors (Lipinski definition) is 1. The molecular weight excluding hydrogens is 334 g/mol. The zero-order valence-corrected chi connectivity index (χ0v) is 15.6.